The van der Waals surface area contributed by atoms with Gasteiger partial charge in [0.1, 0.15) is 0 Å². The molecule has 2 amide bonds. The average Bonchev–Trinajstić information content (AvgIpc) is 2.78. The number of amides is 2. The molecule has 0 radical (unpaired) electrons. The minimum atomic E-state index is -4.17. The summed E-state index contributed by atoms with van der Waals surface area (Å²) in [6.45, 7) is 2.68. The molecule has 1 heterocycles. The van der Waals surface area contributed by atoms with Crippen molar-refractivity contribution in [1.82, 2.24) is 15.1 Å². The van der Waals surface area contributed by atoms with Crippen molar-refractivity contribution in [1.29, 1.82) is 0 Å². The number of carbonyl (C=O) groups is 1. The lowest BCUT2D eigenvalue weighted by atomic mass is 10.1. The quantitative estimate of drug-likeness (QED) is 0.766. The molecule has 0 aromatic heterocycles. The number of nitrogens with one attached hydrogen (secondary N) is 1. The third-order valence-corrected chi connectivity index (χ3v) is 3.35. The minimum absolute atomic E-state index is 0.0501. The predicted molar refractivity (Wildman–Crippen MR) is 68.3 cm³/mol. The fraction of sp³-hybridized carbons (Fsp3) is 0.917. The van der Waals surface area contributed by atoms with Gasteiger partial charge in [0.25, 0.3) is 0 Å². The highest BCUT2D eigenvalue weighted by atomic mass is 19.4. The van der Waals surface area contributed by atoms with Crippen LogP contribution in [0.15, 0.2) is 0 Å². The van der Waals surface area contributed by atoms with Crippen molar-refractivity contribution in [3.63, 3.8) is 0 Å². The summed E-state index contributed by atoms with van der Waals surface area (Å²) in [5.74, 6) is 0.0501. The van der Waals surface area contributed by atoms with Gasteiger partial charge in [0.15, 0.2) is 0 Å². The molecule has 0 spiro atoms. The normalized spacial score (nSPS) is 20.1. The van der Waals surface area contributed by atoms with Crippen LogP contribution in [0, 0.1) is 5.92 Å². The van der Waals surface area contributed by atoms with Crippen molar-refractivity contribution in [2.75, 3.05) is 45.9 Å². The molecule has 0 bridgehead atoms. The third kappa shape index (κ3) is 5.96. The maximum absolute atomic E-state index is 12.2. The maximum Gasteiger partial charge on any atom is 0.401 e. The maximum atomic E-state index is 12.2. The van der Waals surface area contributed by atoms with E-state index in [1.165, 1.54) is 9.80 Å². The Bertz CT molecular complexity index is 313. The van der Waals surface area contributed by atoms with E-state index >= 15 is 0 Å². The zero-order chi connectivity index (χ0) is 15.2. The van der Waals surface area contributed by atoms with Crippen molar-refractivity contribution in [2.45, 2.75) is 19.5 Å². The van der Waals surface area contributed by atoms with Gasteiger partial charge in [0, 0.05) is 26.2 Å². The summed E-state index contributed by atoms with van der Waals surface area (Å²) in [4.78, 5) is 14.6. The molecule has 0 aromatic carbocycles. The van der Waals surface area contributed by atoms with Crippen LogP contribution in [-0.4, -0.2) is 73.0 Å². The summed E-state index contributed by atoms with van der Waals surface area (Å²) in [7, 11) is 0. The number of urea groups is 1. The molecule has 8 heteroatoms. The highest BCUT2D eigenvalue weighted by Gasteiger charge is 2.34. The van der Waals surface area contributed by atoms with Crippen LogP contribution in [0.4, 0.5) is 18.0 Å². The van der Waals surface area contributed by atoms with E-state index in [0.717, 1.165) is 0 Å². The number of likely N-dealkylation sites (tertiary alicyclic amines) is 1. The van der Waals surface area contributed by atoms with Crippen LogP contribution in [-0.2, 0) is 0 Å². The number of aliphatic hydroxyl groups excluding tert-OH is 1. The van der Waals surface area contributed by atoms with E-state index in [-0.39, 0.29) is 25.1 Å². The zero-order valence-electron chi connectivity index (χ0n) is 11.6. The first-order chi connectivity index (χ1) is 9.35. The van der Waals surface area contributed by atoms with Crippen molar-refractivity contribution in [3.05, 3.63) is 0 Å². The number of hydrogen-bond acceptors (Lipinski definition) is 3. The molecule has 1 rings (SSSR count). The molecule has 20 heavy (non-hydrogen) atoms. The van der Waals surface area contributed by atoms with Crippen molar-refractivity contribution in [3.8, 4) is 0 Å². The number of nitrogens with zero attached hydrogens (tertiary/aromatic N) is 2. The highest BCUT2D eigenvalue weighted by Crippen LogP contribution is 2.22. The van der Waals surface area contributed by atoms with Crippen molar-refractivity contribution < 1.29 is 23.1 Å². The van der Waals surface area contributed by atoms with Crippen LogP contribution >= 0.6 is 0 Å². The topological polar surface area (TPSA) is 55.8 Å². The molecule has 1 aliphatic heterocycles. The Balaban J connectivity index is 2.28. The molecule has 5 nitrogen and oxygen atoms in total. The molecule has 1 unspecified atom stereocenters. The minimum Gasteiger partial charge on any atom is -0.395 e. The third-order valence-electron chi connectivity index (χ3n) is 3.35. The van der Waals surface area contributed by atoms with E-state index in [1.54, 1.807) is 6.92 Å². The Morgan fingerprint density at radius 2 is 2.20 bits per heavy atom. The average molecular weight is 297 g/mol. The van der Waals surface area contributed by atoms with Crippen LogP contribution in [0.5, 0.6) is 0 Å². The zero-order valence-corrected chi connectivity index (χ0v) is 11.6. The van der Waals surface area contributed by atoms with Gasteiger partial charge in [0.05, 0.1) is 13.2 Å². The number of alkyl halides is 3. The van der Waals surface area contributed by atoms with Crippen molar-refractivity contribution >= 4 is 6.03 Å². The van der Waals surface area contributed by atoms with E-state index in [0.29, 0.717) is 32.6 Å². The Morgan fingerprint density at radius 1 is 1.50 bits per heavy atom. The number of likely N-dealkylation sites (N-methyl/N-ethyl adjacent to an activating group) is 1. The van der Waals surface area contributed by atoms with Gasteiger partial charge in [-0.1, -0.05) is 0 Å². The van der Waals surface area contributed by atoms with Crippen molar-refractivity contribution in [2.24, 2.45) is 5.92 Å². The van der Waals surface area contributed by atoms with E-state index in [1.807, 2.05) is 0 Å². The van der Waals surface area contributed by atoms with Crippen LogP contribution in [0.1, 0.15) is 13.3 Å². The molecule has 0 saturated carbocycles. The summed E-state index contributed by atoms with van der Waals surface area (Å²) >= 11 is 0. The number of rotatable bonds is 6. The fourth-order valence-electron chi connectivity index (χ4n) is 2.34. The first-order valence-electron chi connectivity index (χ1n) is 6.78. The van der Waals surface area contributed by atoms with E-state index in [9.17, 15) is 18.0 Å². The van der Waals surface area contributed by atoms with Crippen LogP contribution in [0.2, 0.25) is 0 Å². The summed E-state index contributed by atoms with van der Waals surface area (Å²) in [6.07, 6.45) is -3.51. The molecule has 1 fully saturated rings. The molecular formula is C12H22F3N3O2. The van der Waals surface area contributed by atoms with Gasteiger partial charge in [-0.25, -0.2) is 4.79 Å². The second-order valence-electron chi connectivity index (χ2n) is 4.99. The largest absolute Gasteiger partial charge is 0.401 e. The van der Waals surface area contributed by atoms with Gasteiger partial charge in [-0.05, 0) is 25.8 Å². The second-order valence-corrected chi connectivity index (χ2v) is 4.99. The summed E-state index contributed by atoms with van der Waals surface area (Å²) in [5.41, 5.74) is 0. The molecule has 118 valence electrons. The van der Waals surface area contributed by atoms with Gasteiger partial charge in [-0.15, -0.1) is 0 Å². The van der Waals surface area contributed by atoms with Gasteiger partial charge in [0.2, 0.25) is 0 Å². The number of hydrogen-bond donors (Lipinski definition) is 2. The lowest BCUT2D eigenvalue weighted by Gasteiger charge is -2.22. The van der Waals surface area contributed by atoms with Crippen LogP contribution in [0.3, 0.4) is 0 Å². The van der Waals surface area contributed by atoms with Gasteiger partial charge in [-0.3, -0.25) is 4.90 Å². The molecular weight excluding hydrogens is 275 g/mol. The van der Waals surface area contributed by atoms with Gasteiger partial charge in [-0.2, -0.15) is 13.2 Å². The number of halogens is 3. The Labute approximate surface area is 116 Å². The molecule has 0 aliphatic carbocycles. The molecule has 1 aliphatic rings. The lowest BCUT2D eigenvalue weighted by Crippen LogP contribution is -2.43. The summed E-state index contributed by atoms with van der Waals surface area (Å²) < 4.78 is 36.7. The van der Waals surface area contributed by atoms with Gasteiger partial charge < -0.3 is 15.3 Å². The summed E-state index contributed by atoms with van der Waals surface area (Å²) in [5, 5.41) is 11.5. The first kappa shape index (κ1) is 17.0. The highest BCUT2D eigenvalue weighted by molar-refractivity contribution is 5.74. The Morgan fingerprint density at radius 3 is 2.75 bits per heavy atom. The standard InChI is InChI=1S/C12H22F3N3O2/c1-2-18(5-6-19)11(20)16-7-10-3-4-17(8-10)9-12(13,14)15/h10,19H,2-9H2,1H3,(H,16,20). The van der Waals surface area contributed by atoms with Crippen LogP contribution in [0.25, 0.3) is 0 Å². The number of carbonyl (C=O) groups excluding carboxylic acids is 1. The Hall–Kier alpha value is -1.02. The molecule has 1 saturated heterocycles. The van der Waals surface area contributed by atoms with Crippen LogP contribution < -0.4 is 5.32 Å². The first-order valence-corrected chi connectivity index (χ1v) is 6.78. The molecule has 2 N–H and O–H groups in total. The predicted octanol–water partition coefficient (Wildman–Crippen LogP) is 0.894. The monoisotopic (exact) mass is 297 g/mol. The lowest BCUT2D eigenvalue weighted by molar-refractivity contribution is -0.143. The van der Waals surface area contributed by atoms with E-state index < -0.39 is 12.7 Å². The molecule has 1 atom stereocenters. The second kappa shape index (κ2) is 7.68. The van der Waals surface area contributed by atoms with E-state index in [2.05, 4.69) is 5.32 Å². The SMILES string of the molecule is CCN(CCO)C(=O)NCC1CCN(CC(F)(F)F)C1. The Kier molecular flexibility index (Phi) is 6.54. The molecule has 0 aromatic rings. The fourth-order valence-corrected chi connectivity index (χ4v) is 2.34. The van der Waals surface area contributed by atoms with Gasteiger partial charge >= 0.3 is 12.2 Å². The number of aliphatic hydroxyl groups is 1. The van der Waals surface area contributed by atoms with E-state index in [4.69, 9.17) is 5.11 Å². The summed E-state index contributed by atoms with van der Waals surface area (Å²) in [6, 6.07) is -0.282. The smallest absolute Gasteiger partial charge is 0.395 e.